The number of benzene rings is 3. The minimum absolute atomic E-state index is 0.0923. The predicted octanol–water partition coefficient (Wildman–Crippen LogP) is 4.57. The summed E-state index contributed by atoms with van der Waals surface area (Å²) < 4.78 is 0. The van der Waals surface area contributed by atoms with Crippen LogP contribution in [0.4, 0.5) is 0 Å². The van der Waals surface area contributed by atoms with Crippen molar-refractivity contribution < 1.29 is 4.84 Å². The molecule has 26 heavy (non-hydrogen) atoms. The van der Waals surface area contributed by atoms with Gasteiger partial charge < -0.3 is 4.84 Å². The average molecular weight is 340 g/mol. The molecule has 2 aliphatic rings. The topological polar surface area (TPSA) is 24.8 Å². The number of rotatable bonds is 2. The van der Waals surface area contributed by atoms with Crippen molar-refractivity contribution in [2.24, 2.45) is 5.16 Å². The number of likely N-dealkylation sites (N-methyl/N-ethyl adjacent to an activating group) is 1. The Morgan fingerprint density at radius 3 is 2.12 bits per heavy atom. The second-order valence-electron chi connectivity index (χ2n) is 6.92. The molecule has 0 saturated carbocycles. The molecule has 2 aliphatic heterocycles. The van der Waals surface area contributed by atoms with Gasteiger partial charge >= 0.3 is 0 Å². The maximum absolute atomic E-state index is 5.96. The zero-order valence-electron chi connectivity index (χ0n) is 14.6. The molecule has 3 heteroatoms. The third-order valence-corrected chi connectivity index (χ3v) is 5.46. The van der Waals surface area contributed by atoms with Crippen LogP contribution in [0.2, 0.25) is 0 Å². The van der Waals surface area contributed by atoms with Crippen LogP contribution in [-0.2, 0) is 4.84 Å². The van der Waals surface area contributed by atoms with E-state index in [-0.39, 0.29) is 18.2 Å². The highest BCUT2D eigenvalue weighted by Crippen LogP contribution is 2.46. The Labute approximate surface area is 153 Å². The van der Waals surface area contributed by atoms with Gasteiger partial charge in [-0.1, -0.05) is 90.1 Å². The van der Waals surface area contributed by atoms with E-state index in [2.05, 4.69) is 96.0 Å². The van der Waals surface area contributed by atoms with Gasteiger partial charge in [0.1, 0.15) is 0 Å². The number of hydrogen-bond donors (Lipinski definition) is 0. The van der Waals surface area contributed by atoms with Gasteiger partial charge in [0.05, 0.1) is 17.7 Å². The first-order valence-electron chi connectivity index (χ1n) is 8.99. The molecule has 3 nitrogen and oxygen atoms in total. The maximum atomic E-state index is 5.96. The van der Waals surface area contributed by atoms with Gasteiger partial charge in [-0.3, -0.25) is 4.90 Å². The fourth-order valence-corrected chi connectivity index (χ4v) is 4.27. The van der Waals surface area contributed by atoms with Crippen molar-refractivity contribution in [2.75, 3.05) is 7.05 Å². The van der Waals surface area contributed by atoms with E-state index in [0.717, 1.165) is 11.3 Å². The van der Waals surface area contributed by atoms with Crippen molar-refractivity contribution in [1.29, 1.82) is 0 Å². The van der Waals surface area contributed by atoms with Gasteiger partial charge in [-0.15, -0.1) is 0 Å². The van der Waals surface area contributed by atoms with E-state index >= 15 is 0 Å². The summed E-state index contributed by atoms with van der Waals surface area (Å²) in [5.41, 5.74) is 6.06. The first-order valence-corrected chi connectivity index (χ1v) is 8.99. The summed E-state index contributed by atoms with van der Waals surface area (Å²) in [6.07, 6.45) is -0.0923. The lowest BCUT2D eigenvalue weighted by molar-refractivity contribution is -0.0538. The van der Waals surface area contributed by atoms with E-state index in [1.807, 2.05) is 6.07 Å². The Balaban J connectivity index is 1.65. The van der Waals surface area contributed by atoms with Crippen LogP contribution < -0.4 is 0 Å². The Bertz CT molecular complexity index is 952. The third-order valence-electron chi connectivity index (χ3n) is 5.46. The standard InChI is InChI=1S/C23H20N2O/c1-25-22(17-12-6-3-7-13-17)19-15-9-8-14-18(19)20-21(24-26-23(20)25)16-10-4-2-5-11-16/h2-15,20,22-23H,1H3/t20-,22+,23+/m1/s1. The molecule has 3 aromatic rings. The second-order valence-corrected chi connectivity index (χ2v) is 6.92. The molecule has 0 aliphatic carbocycles. The molecule has 0 aromatic heterocycles. The van der Waals surface area contributed by atoms with Gasteiger partial charge in [0, 0.05) is 5.56 Å². The highest BCUT2D eigenvalue weighted by molar-refractivity contribution is 6.06. The summed E-state index contributed by atoms with van der Waals surface area (Å²) in [6.45, 7) is 0. The molecule has 0 saturated heterocycles. The van der Waals surface area contributed by atoms with Crippen LogP contribution in [0.1, 0.15) is 34.2 Å². The van der Waals surface area contributed by atoms with E-state index in [0.29, 0.717) is 0 Å². The molecule has 0 bridgehead atoms. The Hall–Kier alpha value is -2.91. The molecule has 0 spiro atoms. The van der Waals surface area contributed by atoms with Crippen molar-refractivity contribution in [1.82, 2.24) is 4.90 Å². The molecule has 3 aromatic carbocycles. The van der Waals surface area contributed by atoms with Crippen LogP contribution in [-0.4, -0.2) is 23.9 Å². The predicted molar refractivity (Wildman–Crippen MR) is 103 cm³/mol. The Kier molecular flexibility index (Phi) is 3.61. The van der Waals surface area contributed by atoms with Gasteiger partial charge in [-0.2, -0.15) is 0 Å². The summed E-state index contributed by atoms with van der Waals surface area (Å²) in [7, 11) is 2.13. The summed E-state index contributed by atoms with van der Waals surface area (Å²) in [5, 5.41) is 4.50. The van der Waals surface area contributed by atoms with Gasteiger partial charge in [0.25, 0.3) is 0 Å². The molecule has 0 fully saturated rings. The summed E-state index contributed by atoms with van der Waals surface area (Å²) >= 11 is 0. The SMILES string of the molecule is CN1[C@@H](c2ccccc2)c2ccccc2[C@@H]2C(c3ccccc3)=NO[C@@H]21. The van der Waals surface area contributed by atoms with Gasteiger partial charge in [-0.25, -0.2) is 0 Å². The average Bonchev–Trinajstić information content (AvgIpc) is 3.16. The van der Waals surface area contributed by atoms with Crippen molar-refractivity contribution in [3.05, 3.63) is 107 Å². The van der Waals surface area contributed by atoms with Crippen LogP contribution in [0.15, 0.2) is 90.1 Å². The number of fused-ring (bicyclic) bond motifs is 3. The molecule has 0 unspecified atom stereocenters. The van der Waals surface area contributed by atoms with Crippen LogP contribution >= 0.6 is 0 Å². The molecular weight excluding hydrogens is 320 g/mol. The van der Waals surface area contributed by atoms with Crippen molar-refractivity contribution in [3.8, 4) is 0 Å². The highest BCUT2D eigenvalue weighted by Gasteiger charge is 2.47. The molecule has 0 radical (unpaired) electrons. The van der Waals surface area contributed by atoms with Crippen LogP contribution in [0, 0.1) is 0 Å². The Morgan fingerprint density at radius 2 is 1.38 bits per heavy atom. The first-order chi connectivity index (χ1) is 12.8. The summed E-state index contributed by atoms with van der Waals surface area (Å²) in [6, 6.07) is 29.8. The van der Waals surface area contributed by atoms with Crippen LogP contribution in [0.25, 0.3) is 0 Å². The highest BCUT2D eigenvalue weighted by atomic mass is 16.7. The minimum atomic E-state index is -0.0923. The molecule has 0 amide bonds. The lowest BCUT2D eigenvalue weighted by Gasteiger charge is -2.41. The van der Waals surface area contributed by atoms with E-state index < -0.39 is 0 Å². The first kappa shape index (κ1) is 15.4. The monoisotopic (exact) mass is 340 g/mol. The molecule has 0 N–H and O–H groups in total. The van der Waals surface area contributed by atoms with E-state index in [4.69, 9.17) is 4.84 Å². The zero-order chi connectivity index (χ0) is 17.5. The minimum Gasteiger partial charge on any atom is -0.375 e. The normalized spacial score (nSPS) is 24.3. The molecular formula is C23H20N2O. The summed E-state index contributed by atoms with van der Waals surface area (Å²) in [5.74, 6) is 0.124. The lowest BCUT2D eigenvalue weighted by atomic mass is 9.78. The number of hydrogen-bond acceptors (Lipinski definition) is 3. The third kappa shape index (κ3) is 2.28. The Morgan fingerprint density at radius 1 is 0.769 bits per heavy atom. The maximum Gasteiger partial charge on any atom is 0.194 e. The quantitative estimate of drug-likeness (QED) is 0.683. The van der Waals surface area contributed by atoms with Crippen LogP contribution in [0.5, 0.6) is 0 Å². The molecule has 2 heterocycles. The fourth-order valence-electron chi connectivity index (χ4n) is 4.27. The fraction of sp³-hybridized carbons (Fsp3) is 0.174. The van der Waals surface area contributed by atoms with Crippen molar-refractivity contribution >= 4 is 5.71 Å². The second kappa shape index (κ2) is 6.11. The van der Waals surface area contributed by atoms with Crippen molar-refractivity contribution in [3.63, 3.8) is 0 Å². The van der Waals surface area contributed by atoms with Crippen LogP contribution in [0.3, 0.4) is 0 Å². The zero-order valence-corrected chi connectivity index (χ0v) is 14.6. The van der Waals surface area contributed by atoms with Gasteiger partial charge in [0.15, 0.2) is 6.23 Å². The smallest absolute Gasteiger partial charge is 0.194 e. The molecule has 128 valence electrons. The number of nitrogens with zero attached hydrogens (tertiary/aromatic N) is 2. The van der Waals surface area contributed by atoms with E-state index in [9.17, 15) is 0 Å². The lowest BCUT2D eigenvalue weighted by Crippen LogP contribution is -2.45. The summed E-state index contributed by atoms with van der Waals surface area (Å²) in [4.78, 5) is 8.27. The van der Waals surface area contributed by atoms with E-state index in [1.54, 1.807) is 0 Å². The largest absolute Gasteiger partial charge is 0.375 e. The van der Waals surface area contributed by atoms with Gasteiger partial charge in [0.2, 0.25) is 0 Å². The van der Waals surface area contributed by atoms with E-state index in [1.165, 1.54) is 16.7 Å². The van der Waals surface area contributed by atoms with Gasteiger partial charge in [-0.05, 0) is 23.7 Å². The molecule has 5 rings (SSSR count). The molecule has 3 atom stereocenters. The number of oxime groups is 1. The van der Waals surface area contributed by atoms with Crippen molar-refractivity contribution in [2.45, 2.75) is 18.2 Å².